The van der Waals surface area contributed by atoms with Crippen molar-refractivity contribution in [2.24, 2.45) is 4.99 Å². The minimum atomic E-state index is -2.31. The second-order valence-electron chi connectivity index (χ2n) is 6.45. The van der Waals surface area contributed by atoms with Gasteiger partial charge in [-0.2, -0.15) is 0 Å². The summed E-state index contributed by atoms with van der Waals surface area (Å²) >= 11 is 1.60. The van der Waals surface area contributed by atoms with Crippen LogP contribution < -0.4 is 5.19 Å². The zero-order valence-electron chi connectivity index (χ0n) is 13.8. The summed E-state index contributed by atoms with van der Waals surface area (Å²) in [5.74, 6) is 0.263. The number of aliphatic imine (C=N–C) groups is 1. The van der Waals surface area contributed by atoms with E-state index in [9.17, 15) is 9.90 Å². The van der Waals surface area contributed by atoms with Crippen molar-refractivity contribution in [2.75, 3.05) is 0 Å². The van der Waals surface area contributed by atoms with Gasteiger partial charge in [-0.25, -0.2) is 4.99 Å². The second kappa shape index (κ2) is 5.79. The van der Waals surface area contributed by atoms with Crippen molar-refractivity contribution in [2.45, 2.75) is 12.6 Å². The van der Waals surface area contributed by atoms with Gasteiger partial charge in [0.2, 0.25) is 0 Å². The van der Waals surface area contributed by atoms with Gasteiger partial charge < -0.3 is 5.11 Å². The molecule has 1 aromatic carbocycles. The first-order valence-corrected chi connectivity index (χ1v) is 11.7. The number of ketones is 1. The van der Waals surface area contributed by atoms with Crippen molar-refractivity contribution >= 4 is 41.8 Å². The van der Waals surface area contributed by atoms with E-state index >= 15 is 0 Å². The van der Waals surface area contributed by atoms with Gasteiger partial charge in [-0.05, 0) is 58.2 Å². The number of fused-ring (bicyclic) bond motifs is 2. The monoisotopic (exact) mass is 363 g/mol. The number of hydrogen-bond donors (Lipinski definition) is 1. The Morgan fingerprint density at radius 2 is 2.16 bits per heavy atom. The number of allylic oxidation sites excluding steroid dienone is 5. The Bertz CT molecular complexity index is 985. The summed E-state index contributed by atoms with van der Waals surface area (Å²) in [6, 6.07) is 8.38. The fourth-order valence-electron chi connectivity index (χ4n) is 3.72. The molecule has 0 amide bonds. The molecule has 1 aliphatic carbocycles. The fourth-order valence-corrected chi connectivity index (χ4v) is 8.55. The largest absolute Gasteiger partial charge is 0.507 e. The van der Waals surface area contributed by atoms with Crippen molar-refractivity contribution in [1.29, 1.82) is 0 Å². The molecule has 0 radical (unpaired) electrons. The number of nitrogens with zero attached hydrogens (tertiary/aromatic N) is 1. The Morgan fingerprint density at radius 3 is 2.88 bits per heavy atom. The maximum atomic E-state index is 12.0. The molecule has 1 unspecified atom stereocenters. The van der Waals surface area contributed by atoms with Gasteiger partial charge in [-0.15, -0.1) is 17.9 Å². The molecule has 1 aromatic heterocycles. The average Bonchev–Trinajstić information content (AvgIpc) is 3.11. The highest BCUT2D eigenvalue weighted by Crippen LogP contribution is 2.41. The molecular weight excluding hydrogens is 346 g/mol. The summed E-state index contributed by atoms with van der Waals surface area (Å²) in [5.41, 5.74) is 2.61. The van der Waals surface area contributed by atoms with Crippen molar-refractivity contribution < 1.29 is 9.90 Å². The average molecular weight is 364 g/mol. The van der Waals surface area contributed by atoms with E-state index in [4.69, 9.17) is 4.99 Å². The zero-order chi connectivity index (χ0) is 17.6. The standard InChI is InChI=1S/C20H17NO2SSi/c1-3-11-25(2)18-12-13(22)6-7-14(18)21-15-8-9-16(23)19(20(15)25)17-5-4-10-24-17/h3-10,12,23H,1,11H2,2H3. The van der Waals surface area contributed by atoms with E-state index in [0.717, 1.165) is 38.3 Å². The first-order chi connectivity index (χ1) is 12.0. The van der Waals surface area contributed by atoms with Gasteiger partial charge in [0, 0.05) is 10.4 Å². The number of phenolic OH excluding ortho intramolecular Hbond substituents is 1. The molecule has 2 aliphatic rings. The first-order valence-electron chi connectivity index (χ1n) is 8.09. The van der Waals surface area contributed by atoms with Crippen LogP contribution in [0.15, 0.2) is 70.7 Å². The molecule has 0 spiro atoms. The predicted molar refractivity (Wildman–Crippen MR) is 107 cm³/mol. The Balaban J connectivity index is 2.10. The van der Waals surface area contributed by atoms with Gasteiger partial charge >= 0.3 is 0 Å². The molecule has 4 rings (SSSR count). The van der Waals surface area contributed by atoms with Crippen molar-refractivity contribution in [3.63, 3.8) is 0 Å². The third-order valence-corrected chi connectivity index (χ3v) is 10.0. The Morgan fingerprint density at radius 1 is 1.32 bits per heavy atom. The SMILES string of the molecule is C=CC[Si]1(C)C2=CC(=O)C=CC2=Nc2ccc(O)c(-c3cccs3)c21. The summed E-state index contributed by atoms with van der Waals surface area (Å²) in [7, 11) is -2.31. The highest BCUT2D eigenvalue weighted by atomic mass is 32.1. The highest BCUT2D eigenvalue weighted by molar-refractivity contribution is 7.14. The molecule has 25 heavy (non-hydrogen) atoms. The van der Waals surface area contributed by atoms with Crippen LogP contribution in [-0.4, -0.2) is 24.7 Å². The number of carbonyl (C=O) groups excluding carboxylic acids is 1. The van der Waals surface area contributed by atoms with Crippen molar-refractivity contribution in [3.8, 4) is 16.2 Å². The van der Waals surface area contributed by atoms with Gasteiger partial charge in [-0.3, -0.25) is 4.79 Å². The quantitative estimate of drug-likeness (QED) is 0.503. The van der Waals surface area contributed by atoms with Crippen LogP contribution >= 0.6 is 11.3 Å². The Kier molecular flexibility index (Phi) is 3.70. The second-order valence-corrected chi connectivity index (χ2v) is 11.5. The molecule has 0 bridgehead atoms. The molecule has 1 N–H and O–H groups in total. The van der Waals surface area contributed by atoms with Crippen LogP contribution in [0.3, 0.4) is 0 Å². The number of rotatable bonds is 3. The summed E-state index contributed by atoms with van der Waals surface area (Å²) in [4.78, 5) is 17.9. The minimum absolute atomic E-state index is 0.00184. The van der Waals surface area contributed by atoms with Crippen LogP contribution in [0.25, 0.3) is 10.4 Å². The summed E-state index contributed by atoms with van der Waals surface area (Å²) in [6.45, 7) is 6.18. The molecule has 3 nitrogen and oxygen atoms in total. The van der Waals surface area contributed by atoms with E-state index in [2.05, 4.69) is 13.1 Å². The lowest BCUT2D eigenvalue weighted by atomic mass is 10.1. The molecule has 0 saturated heterocycles. The van der Waals surface area contributed by atoms with Gasteiger partial charge in [0.1, 0.15) is 13.8 Å². The molecule has 5 heteroatoms. The molecule has 0 fully saturated rings. The molecule has 1 atom stereocenters. The van der Waals surface area contributed by atoms with Crippen LogP contribution in [-0.2, 0) is 4.79 Å². The predicted octanol–water partition coefficient (Wildman–Crippen LogP) is 4.28. The molecule has 2 heterocycles. The number of phenols is 1. The third-order valence-electron chi connectivity index (χ3n) is 4.84. The highest BCUT2D eigenvalue weighted by Gasteiger charge is 2.43. The summed E-state index contributed by atoms with van der Waals surface area (Å²) < 4.78 is 0. The Labute approximate surface area is 151 Å². The van der Waals surface area contributed by atoms with Crippen LogP contribution in [0, 0.1) is 0 Å². The molecule has 1 aliphatic heterocycles. The number of benzene rings is 1. The molecule has 0 saturated carbocycles. The van der Waals surface area contributed by atoms with E-state index in [1.807, 2.05) is 35.7 Å². The summed E-state index contributed by atoms with van der Waals surface area (Å²) in [6.07, 6.45) is 7.02. The minimum Gasteiger partial charge on any atom is -0.507 e. The Hall–Kier alpha value is -2.50. The lowest BCUT2D eigenvalue weighted by Crippen LogP contribution is -2.52. The number of thiophene rings is 1. The number of aromatic hydroxyl groups is 1. The van der Waals surface area contributed by atoms with E-state index in [1.165, 1.54) is 0 Å². The molecule has 2 aromatic rings. The van der Waals surface area contributed by atoms with Crippen molar-refractivity contribution in [1.82, 2.24) is 0 Å². The van der Waals surface area contributed by atoms with Gasteiger partial charge in [0.25, 0.3) is 0 Å². The van der Waals surface area contributed by atoms with Crippen LogP contribution in [0.1, 0.15) is 0 Å². The van der Waals surface area contributed by atoms with Crippen LogP contribution in [0.4, 0.5) is 5.69 Å². The van der Waals surface area contributed by atoms with Crippen LogP contribution in [0.5, 0.6) is 5.75 Å². The van der Waals surface area contributed by atoms with E-state index in [0.29, 0.717) is 0 Å². The smallest absolute Gasteiger partial charge is 0.178 e. The van der Waals surface area contributed by atoms with Gasteiger partial charge in [-0.1, -0.05) is 18.7 Å². The first kappa shape index (κ1) is 16.0. The number of hydrogen-bond acceptors (Lipinski definition) is 4. The third kappa shape index (κ3) is 2.39. The maximum Gasteiger partial charge on any atom is 0.178 e. The van der Waals surface area contributed by atoms with E-state index in [-0.39, 0.29) is 11.5 Å². The molecule has 124 valence electrons. The normalized spacial score (nSPS) is 21.2. The van der Waals surface area contributed by atoms with Crippen molar-refractivity contribution in [3.05, 3.63) is 65.7 Å². The number of carbonyl (C=O) groups is 1. The lowest BCUT2D eigenvalue weighted by molar-refractivity contribution is -0.110. The van der Waals surface area contributed by atoms with E-state index < -0.39 is 8.07 Å². The van der Waals surface area contributed by atoms with E-state index in [1.54, 1.807) is 29.6 Å². The lowest BCUT2D eigenvalue weighted by Gasteiger charge is -2.37. The maximum absolute atomic E-state index is 12.0. The van der Waals surface area contributed by atoms with Crippen LogP contribution in [0.2, 0.25) is 12.6 Å². The molecular formula is C20H17NO2SSi. The van der Waals surface area contributed by atoms with Gasteiger partial charge in [0.05, 0.1) is 11.4 Å². The summed E-state index contributed by atoms with van der Waals surface area (Å²) in [5, 5.41) is 14.8. The fraction of sp³-hybridized carbons (Fsp3) is 0.100. The van der Waals surface area contributed by atoms with Gasteiger partial charge in [0.15, 0.2) is 5.78 Å². The topological polar surface area (TPSA) is 49.7 Å². The zero-order valence-corrected chi connectivity index (χ0v) is 15.6.